The minimum absolute atomic E-state index is 0.0102. The molecule has 0 radical (unpaired) electrons. The Morgan fingerprint density at radius 1 is 1.33 bits per heavy atom. The third kappa shape index (κ3) is 4.97. The Hall–Kier alpha value is -2.62. The van der Waals surface area contributed by atoms with Crippen LogP contribution in [0, 0.1) is 0 Å². The summed E-state index contributed by atoms with van der Waals surface area (Å²) >= 11 is 6.18. The normalized spacial score (nSPS) is 13.8. The van der Waals surface area contributed by atoms with E-state index in [0.717, 1.165) is 0 Å². The van der Waals surface area contributed by atoms with Crippen molar-refractivity contribution < 1.29 is 29.0 Å². The number of amides is 2. The summed E-state index contributed by atoms with van der Waals surface area (Å²) in [5.74, 6) is -1.48. The van der Waals surface area contributed by atoms with Gasteiger partial charge in [-0.05, 0) is 18.2 Å². The number of anilines is 2. The molecule has 2 amide bonds. The Balaban J connectivity index is 2.30. The first-order valence-electron chi connectivity index (χ1n) is 7.98. The molecule has 1 aromatic rings. The van der Waals surface area contributed by atoms with Crippen molar-refractivity contribution in [3.05, 3.63) is 34.5 Å². The maximum Gasteiger partial charge on any atom is 0.337 e. The summed E-state index contributed by atoms with van der Waals surface area (Å²) in [6.07, 6.45) is 0. The van der Waals surface area contributed by atoms with E-state index in [4.69, 9.17) is 26.2 Å². The highest BCUT2D eigenvalue weighted by Crippen LogP contribution is 2.30. The molecular formula is C17H20ClN3O6. The molecule has 0 spiro atoms. The molecule has 10 heteroatoms. The number of methoxy groups -OCH3 is 2. The molecule has 0 fully saturated rings. The van der Waals surface area contributed by atoms with Gasteiger partial charge in [-0.25, -0.2) is 4.79 Å². The highest BCUT2D eigenvalue weighted by molar-refractivity contribution is 6.33. The molecule has 1 aromatic carbocycles. The van der Waals surface area contributed by atoms with E-state index in [-0.39, 0.29) is 48.5 Å². The van der Waals surface area contributed by atoms with Gasteiger partial charge in [-0.1, -0.05) is 11.6 Å². The molecular weight excluding hydrogens is 378 g/mol. The van der Waals surface area contributed by atoms with Gasteiger partial charge in [-0.2, -0.15) is 0 Å². The topological polar surface area (TPSA) is 117 Å². The number of rotatable bonds is 8. The maximum absolute atomic E-state index is 12.5. The van der Waals surface area contributed by atoms with Crippen LogP contribution in [0.3, 0.4) is 0 Å². The highest BCUT2D eigenvalue weighted by Gasteiger charge is 2.34. The molecule has 1 aliphatic heterocycles. The van der Waals surface area contributed by atoms with E-state index in [1.54, 1.807) is 6.07 Å². The Morgan fingerprint density at radius 2 is 2.07 bits per heavy atom. The zero-order valence-electron chi connectivity index (χ0n) is 14.9. The lowest BCUT2D eigenvalue weighted by molar-refractivity contribution is -0.136. The van der Waals surface area contributed by atoms with Crippen LogP contribution in [0.2, 0.25) is 5.02 Å². The van der Waals surface area contributed by atoms with Crippen LogP contribution in [0.25, 0.3) is 0 Å². The summed E-state index contributed by atoms with van der Waals surface area (Å²) in [4.78, 5) is 37.5. The molecule has 0 saturated heterocycles. The van der Waals surface area contributed by atoms with Crippen LogP contribution in [0.4, 0.5) is 11.4 Å². The Bertz CT molecular complexity index is 780. The molecule has 0 saturated carbocycles. The summed E-state index contributed by atoms with van der Waals surface area (Å²) in [6, 6.07) is 4.65. The van der Waals surface area contributed by atoms with E-state index in [9.17, 15) is 14.4 Å². The number of benzene rings is 1. The van der Waals surface area contributed by atoms with Crippen LogP contribution in [0.5, 0.6) is 0 Å². The second-order valence-corrected chi connectivity index (χ2v) is 6.00. The Morgan fingerprint density at radius 3 is 2.70 bits per heavy atom. The van der Waals surface area contributed by atoms with Crippen LogP contribution in [0.15, 0.2) is 29.5 Å². The number of esters is 1. The monoisotopic (exact) mass is 397 g/mol. The predicted octanol–water partition coefficient (Wildman–Crippen LogP) is 0.598. The number of ether oxygens (including phenoxy) is 2. The first-order chi connectivity index (χ1) is 12.9. The van der Waals surface area contributed by atoms with Crippen molar-refractivity contribution in [3.8, 4) is 0 Å². The predicted molar refractivity (Wildman–Crippen MR) is 98.3 cm³/mol. The number of carbonyl (C=O) groups is 3. The summed E-state index contributed by atoms with van der Waals surface area (Å²) in [5.41, 5.74) is 0.891. The average Bonchev–Trinajstić information content (AvgIpc) is 2.94. The molecule has 0 atom stereocenters. The first-order valence-corrected chi connectivity index (χ1v) is 8.36. The molecule has 1 heterocycles. The summed E-state index contributed by atoms with van der Waals surface area (Å²) in [7, 11) is 2.62. The minimum atomic E-state index is -0.660. The van der Waals surface area contributed by atoms with E-state index in [1.165, 1.54) is 31.3 Å². The van der Waals surface area contributed by atoms with Gasteiger partial charge in [0.05, 0.1) is 36.5 Å². The maximum atomic E-state index is 12.5. The molecule has 3 N–H and O–H groups in total. The van der Waals surface area contributed by atoms with Crippen molar-refractivity contribution in [2.45, 2.75) is 0 Å². The van der Waals surface area contributed by atoms with E-state index in [0.29, 0.717) is 11.4 Å². The van der Waals surface area contributed by atoms with Crippen molar-refractivity contribution in [2.24, 2.45) is 0 Å². The third-order valence-corrected chi connectivity index (χ3v) is 4.07. The van der Waals surface area contributed by atoms with Gasteiger partial charge in [-0.15, -0.1) is 0 Å². The average molecular weight is 398 g/mol. The fraction of sp³-hybridized carbons (Fsp3) is 0.353. The number of halogens is 1. The van der Waals surface area contributed by atoms with Gasteiger partial charge in [0.2, 0.25) is 5.91 Å². The molecule has 2 rings (SSSR count). The summed E-state index contributed by atoms with van der Waals surface area (Å²) in [5, 5.41) is 14.8. The van der Waals surface area contributed by atoms with Crippen LogP contribution in [-0.2, 0) is 23.9 Å². The standard InChI is InChI=1S/C17H20ClN3O6/c1-26-9-14(23)19-10-3-4-12(18)13(7-10)20-15-11(17(25)27-2)8-21(5-6-22)16(15)24/h3-4,7,20,22H,5-6,8-9H2,1-2H3,(H,19,23). The summed E-state index contributed by atoms with van der Waals surface area (Å²) in [6.45, 7) is -0.269. The van der Waals surface area contributed by atoms with Crippen LogP contribution < -0.4 is 10.6 Å². The van der Waals surface area contributed by atoms with Gasteiger partial charge in [0.1, 0.15) is 12.3 Å². The number of hydrogen-bond donors (Lipinski definition) is 3. The number of carbonyl (C=O) groups excluding carboxylic acids is 3. The van der Waals surface area contributed by atoms with Gasteiger partial charge in [0.15, 0.2) is 0 Å². The highest BCUT2D eigenvalue weighted by atomic mass is 35.5. The van der Waals surface area contributed by atoms with Gasteiger partial charge in [-0.3, -0.25) is 9.59 Å². The number of β-amino-alcohol motifs (C(OH)–C–C–N with tert-alkyl or cyclic N) is 1. The van der Waals surface area contributed by atoms with Crippen LogP contribution >= 0.6 is 11.6 Å². The number of nitrogens with zero attached hydrogens (tertiary/aromatic N) is 1. The van der Waals surface area contributed by atoms with E-state index >= 15 is 0 Å². The van der Waals surface area contributed by atoms with Crippen molar-refractivity contribution in [1.82, 2.24) is 4.90 Å². The minimum Gasteiger partial charge on any atom is -0.466 e. The third-order valence-electron chi connectivity index (χ3n) is 3.74. The fourth-order valence-corrected chi connectivity index (χ4v) is 2.68. The largest absolute Gasteiger partial charge is 0.466 e. The van der Waals surface area contributed by atoms with E-state index < -0.39 is 11.9 Å². The van der Waals surface area contributed by atoms with E-state index in [2.05, 4.69) is 10.6 Å². The molecule has 0 aliphatic carbocycles. The summed E-state index contributed by atoms with van der Waals surface area (Å²) < 4.78 is 9.48. The van der Waals surface area contributed by atoms with Crippen molar-refractivity contribution in [3.63, 3.8) is 0 Å². The molecule has 9 nitrogen and oxygen atoms in total. The lowest BCUT2D eigenvalue weighted by Crippen LogP contribution is -2.31. The zero-order chi connectivity index (χ0) is 20.0. The number of aliphatic hydroxyl groups is 1. The lowest BCUT2D eigenvalue weighted by atomic mass is 10.2. The van der Waals surface area contributed by atoms with Crippen molar-refractivity contribution in [1.29, 1.82) is 0 Å². The van der Waals surface area contributed by atoms with Gasteiger partial charge in [0.25, 0.3) is 5.91 Å². The van der Waals surface area contributed by atoms with Crippen LogP contribution in [-0.4, -0.2) is 68.3 Å². The second-order valence-electron chi connectivity index (χ2n) is 5.60. The van der Waals surface area contributed by atoms with Gasteiger partial charge in [0, 0.05) is 19.3 Å². The van der Waals surface area contributed by atoms with Gasteiger partial charge >= 0.3 is 5.97 Å². The molecule has 1 aliphatic rings. The van der Waals surface area contributed by atoms with Crippen LogP contribution in [0.1, 0.15) is 0 Å². The number of hydrogen-bond acceptors (Lipinski definition) is 7. The second kappa shape index (κ2) is 9.36. The molecule has 0 bridgehead atoms. The number of aliphatic hydroxyl groups excluding tert-OH is 1. The van der Waals surface area contributed by atoms with Crippen molar-refractivity contribution in [2.75, 3.05) is 51.2 Å². The smallest absolute Gasteiger partial charge is 0.337 e. The fourth-order valence-electron chi connectivity index (χ4n) is 2.51. The Labute approximate surface area is 160 Å². The first kappa shape index (κ1) is 20.7. The number of nitrogens with one attached hydrogen (secondary N) is 2. The molecule has 27 heavy (non-hydrogen) atoms. The van der Waals surface area contributed by atoms with Crippen molar-refractivity contribution >= 4 is 40.8 Å². The quantitative estimate of drug-likeness (QED) is 0.550. The molecule has 146 valence electrons. The zero-order valence-corrected chi connectivity index (χ0v) is 15.6. The van der Waals surface area contributed by atoms with Gasteiger partial charge < -0.3 is 30.1 Å². The molecule has 0 aromatic heterocycles. The van der Waals surface area contributed by atoms with E-state index in [1.807, 2.05) is 0 Å². The Kier molecular flexibility index (Phi) is 7.17. The lowest BCUT2D eigenvalue weighted by Gasteiger charge is -2.15. The molecule has 0 unspecified atom stereocenters. The SMILES string of the molecule is COCC(=O)Nc1ccc(Cl)c(NC2=C(C(=O)OC)CN(CCO)C2=O)c1.